The maximum absolute atomic E-state index is 6.23. The zero-order valence-electron chi connectivity index (χ0n) is 8.48. The molecule has 0 aromatic heterocycles. The minimum atomic E-state index is 0.716. The van der Waals surface area contributed by atoms with Crippen LogP contribution in [0.2, 0.25) is 5.02 Å². The molecule has 0 saturated carbocycles. The molecule has 1 aliphatic heterocycles. The maximum Gasteiger partial charge on any atom is 0.135 e. The van der Waals surface area contributed by atoms with Crippen LogP contribution in [-0.4, -0.2) is 0 Å². The summed E-state index contributed by atoms with van der Waals surface area (Å²) in [5.74, 6) is 0.800. The van der Waals surface area contributed by atoms with E-state index >= 15 is 0 Å². The van der Waals surface area contributed by atoms with Crippen molar-refractivity contribution in [2.24, 2.45) is 0 Å². The van der Waals surface area contributed by atoms with Gasteiger partial charge in [0.1, 0.15) is 5.75 Å². The van der Waals surface area contributed by atoms with Crippen LogP contribution in [0.5, 0.6) is 5.75 Å². The van der Waals surface area contributed by atoms with E-state index in [0.29, 0.717) is 5.02 Å². The smallest absolute Gasteiger partial charge is 0.135 e. The molecule has 0 aliphatic carbocycles. The van der Waals surface area contributed by atoms with Crippen LogP contribution < -0.4 is 4.74 Å². The Hall–Kier alpha value is -1.73. The number of rotatable bonds is 0. The zero-order valence-corrected chi connectivity index (χ0v) is 9.24. The summed E-state index contributed by atoms with van der Waals surface area (Å²) in [6.07, 6.45) is 3.65. The largest absolute Gasteiger partial charge is 0.464 e. The third-order valence-corrected chi connectivity index (χ3v) is 2.96. The lowest BCUT2D eigenvalue weighted by molar-refractivity contribution is 0.488. The van der Waals surface area contributed by atoms with Crippen molar-refractivity contribution in [1.29, 1.82) is 0 Å². The molecule has 0 fully saturated rings. The van der Waals surface area contributed by atoms with Crippen LogP contribution in [0.1, 0.15) is 5.56 Å². The summed E-state index contributed by atoms with van der Waals surface area (Å²) >= 11 is 6.23. The first-order valence-electron chi connectivity index (χ1n) is 5.07. The third kappa shape index (κ3) is 1.41. The van der Waals surface area contributed by atoms with Crippen molar-refractivity contribution >= 4 is 17.7 Å². The van der Waals surface area contributed by atoms with Gasteiger partial charge in [-0.2, -0.15) is 0 Å². The van der Waals surface area contributed by atoms with Gasteiger partial charge in [-0.1, -0.05) is 41.9 Å². The Morgan fingerprint density at radius 3 is 2.75 bits per heavy atom. The molecule has 0 spiro atoms. The Labute approximate surface area is 98.9 Å². The first kappa shape index (κ1) is 9.49. The van der Waals surface area contributed by atoms with Gasteiger partial charge in [-0.3, -0.25) is 0 Å². The molecule has 0 unspecified atom stereocenters. The summed E-state index contributed by atoms with van der Waals surface area (Å²) in [6, 6.07) is 13.8. The number of halogens is 1. The highest BCUT2D eigenvalue weighted by Gasteiger charge is 2.14. The van der Waals surface area contributed by atoms with E-state index in [1.54, 1.807) is 6.26 Å². The van der Waals surface area contributed by atoms with E-state index in [-0.39, 0.29) is 0 Å². The molecule has 0 saturated heterocycles. The van der Waals surface area contributed by atoms with E-state index in [1.165, 1.54) is 0 Å². The van der Waals surface area contributed by atoms with Crippen molar-refractivity contribution in [3.8, 4) is 16.9 Å². The fraction of sp³-hybridized carbons (Fsp3) is 0. The molecule has 2 heteroatoms. The first-order valence-corrected chi connectivity index (χ1v) is 5.45. The van der Waals surface area contributed by atoms with E-state index < -0.39 is 0 Å². The van der Waals surface area contributed by atoms with Crippen molar-refractivity contribution in [3.05, 3.63) is 59.3 Å². The second-order valence-corrected chi connectivity index (χ2v) is 4.03. The van der Waals surface area contributed by atoms with E-state index in [9.17, 15) is 0 Å². The summed E-state index contributed by atoms with van der Waals surface area (Å²) < 4.78 is 5.55. The summed E-state index contributed by atoms with van der Waals surface area (Å²) in [5, 5.41) is 0.716. The molecule has 0 atom stereocenters. The molecule has 1 nitrogen and oxygen atoms in total. The Morgan fingerprint density at radius 2 is 1.81 bits per heavy atom. The van der Waals surface area contributed by atoms with Gasteiger partial charge in [0, 0.05) is 5.56 Å². The lowest BCUT2D eigenvalue weighted by atomic mass is 9.99. The lowest BCUT2D eigenvalue weighted by Crippen LogP contribution is -1.86. The average molecular weight is 229 g/mol. The SMILES string of the molecule is Clc1cccc2c1-c1ccccc1C=CO2. The molecule has 2 aromatic rings. The molecule has 0 bridgehead atoms. The van der Waals surface area contributed by atoms with Crippen molar-refractivity contribution in [3.63, 3.8) is 0 Å². The van der Waals surface area contributed by atoms with E-state index in [4.69, 9.17) is 16.3 Å². The van der Waals surface area contributed by atoms with E-state index in [0.717, 1.165) is 22.4 Å². The maximum atomic E-state index is 6.23. The van der Waals surface area contributed by atoms with Gasteiger partial charge >= 0.3 is 0 Å². The fourth-order valence-electron chi connectivity index (χ4n) is 1.91. The number of fused-ring (bicyclic) bond motifs is 3. The monoisotopic (exact) mass is 228 g/mol. The number of ether oxygens (including phenoxy) is 1. The Morgan fingerprint density at radius 1 is 0.938 bits per heavy atom. The minimum absolute atomic E-state index is 0.716. The highest BCUT2D eigenvalue weighted by molar-refractivity contribution is 6.33. The van der Waals surface area contributed by atoms with Gasteiger partial charge in [-0.05, 0) is 29.3 Å². The molecule has 2 aromatic carbocycles. The quantitative estimate of drug-likeness (QED) is 0.651. The standard InChI is InChI=1S/C14H9ClO/c15-12-6-3-7-13-14(12)11-5-2-1-4-10(11)8-9-16-13/h1-9H. The molecule has 78 valence electrons. The van der Waals surface area contributed by atoms with Crippen LogP contribution in [0.3, 0.4) is 0 Å². The van der Waals surface area contributed by atoms with Crippen molar-refractivity contribution in [2.45, 2.75) is 0 Å². The molecular weight excluding hydrogens is 220 g/mol. The molecule has 3 rings (SSSR count). The fourth-order valence-corrected chi connectivity index (χ4v) is 2.18. The normalized spacial score (nSPS) is 12.3. The van der Waals surface area contributed by atoms with Gasteiger partial charge in [0.05, 0.1) is 11.3 Å². The van der Waals surface area contributed by atoms with Gasteiger partial charge in [0.2, 0.25) is 0 Å². The van der Waals surface area contributed by atoms with Crippen LogP contribution in [0.4, 0.5) is 0 Å². The highest BCUT2D eigenvalue weighted by Crippen LogP contribution is 2.40. The molecule has 0 N–H and O–H groups in total. The summed E-state index contributed by atoms with van der Waals surface area (Å²) in [4.78, 5) is 0. The van der Waals surface area contributed by atoms with Crippen molar-refractivity contribution < 1.29 is 4.74 Å². The zero-order chi connectivity index (χ0) is 11.0. The van der Waals surface area contributed by atoms with Crippen LogP contribution >= 0.6 is 11.6 Å². The Bertz CT molecular complexity index is 573. The van der Waals surface area contributed by atoms with Gasteiger partial charge in [-0.25, -0.2) is 0 Å². The third-order valence-electron chi connectivity index (χ3n) is 2.65. The number of hydrogen-bond acceptors (Lipinski definition) is 1. The van der Waals surface area contributed by atoms with Gasteiger partial charge in [-0.15, -0.1) is 0 Å². The molecule has 0 amide bonds. The van der Waals surface area contributed by atoms with E-state index in [2.05, 4.69) is 6.07 Å². The Kier molecular flexibility index (Phi) is 2.19. The average Bonchev–Trinajstić information content (AvgIpc) is 2.49. The lowest BCUT2D eigenvalue weighted by Gasteiger charge is -2.09. The van der Waals surface area contributed by atoms with E-state index in [1.807, 2.05) is 42.5 Å². The van der Waals surface area contributed by atoms with Crippen LogP contribution in [0.15, 0.2) is 48.7 Å². The first-order chi connectivity index (χ1) is 7.86. The molecule has 16 heavy (non-hydrogen) atoms. The second kappa shape index (κ2) is 3.69. The molecule has 1 heterocycles. The van der Waals surface area contributed by atoms with Gasteiger partial charge in [0.15, 0.2) is 0 Å². The van der Waals surface area contributed by atoms with Gasteiger partial charge < -0.3 is 4.74 Å². The number of hydrogen-bond donors (Lipinski definition) is 0. The molecule has 0 radical (unpaired) electrons. The summed E-state index contributed by atoms with van der Waals surface area (Å²) in [7, 11) is 0. The molecule has 1 aliphatic rings. The van der Waals surface area contributed by atoms with Crippen molar-refractivity contribution in [2.75, 3.05) is 0 Å². The highest BCUT2D eigenvalue weighted by atomic mass is 35.5. The molecular formula is C14H9ClO. The Balaban J connectivity index is 2.37. The summed E-state index contributed by atoms with van der Waals surface area (Å²) in [5.41, 5.74) is 3.19. The van der Waals surface area contributed by atoms with Crippen LogP contribution in [-0.2, 0) is 0 Å². The minimum Gasteiger partial charge on any atom is -0.464 e. The van der Waals surface area contributed by atoms with Crippen LogP contribution in [0.25, 0.3) is 17.2 Å². The van der Waals surface area contributed by atoms with Crippen LogP contribution in [0, 0.1) is 0 Å². The second-order valence-electron chi connectivity index (χ2n) is 3.62. The predicted molar refractivity (Wildman–Crippen MR) is 66.6 cm³/mol. The summed E-state index contributed by atoms with van der Waals surface area (Å²) in [6.45, 7) is 0. The number of benzene rings is 2. The predicted octanol–water partition coefficient (Wildman–Crippen LogP) is 4.37. The van der Waals surface area contributed by atoms with Crippen molar-refractivity contribution in [1.82, 2.24) is 0 Å². The van der Waals surface area contributed by atoms with Gasteiger partial charge in [0.25, 0.3) is 0 Å². The topological polar surface area (TPSA) is 9.23 Å².